The summed E-state index contributed by atoms with van der Waals surface area (Å²) in [6, 6.07) is 9.98. The van der Waals surface area contributed by atoms with E-state index in [0.717, 1.165) is 5.56 Å². The number of para-hydroxylation sites is 1. The summed E-state index contributed by atoms with van der Waals surface area (Å²) in [5.74, 6) is 0.611. The van der Waals surface area contributed by atoms with Gasteiger partial charge in [0.25, 0.3) is 0 Å². The largest absolute Gasteiger partial charge is 0.493 e. The van der Waals surface area contributed by atoms with Crippen molar-refractivity contribution < 1.29 is 32.7 Å². The number of rotatable bonds is 6. The van der Waals surface area contributed by atoms with Crippen LogP contribution < -0.4 is 20.8 Å². The molecule has 3 aromatic rings. The van der Waals surface area contributed by atoms with Gasteiger partial charge in [-0.25, -0.2) is 4.79 Å². The molecule has 6 nitrogen and oxygen atoms in total. The summed E-state index contributed by atoms with van der Waals surface area (Å²) in [4.78, 5) is 11.8. The quantitative estimate of drug-likeness (QED) is 0.579. The Morgan fingerprint density at radius 2 is 1.91 bits per heavy atom. The van der Waals surface area contributed by atoms with Crippen LogP contribution >= 0.6 is 0 Å². The lowest BCUT2D eigenvalue weighted by atomic mass is 9.74. The molecule has 2 aromatic carbocycles. The monoisotopic (exact) mass is 463 g/mol. The fraction of sp³-hybridized carbons (Fsp3) is 0.417. The van der Waals surface area contributed by atoms with Crippen molar-refractivity contribution in [2.24, 2.45) is 0 Å². The highest BCUT2D eigenvalue weighted by Crippen LogP contribution is 2.45. The summed E-state index contributed by atoms with van der Waals surface area (Å²) in [5.41, 5.74) is -2.11. The van der Waals surface area contributed by atoms with E-state index in [-0.39, 0.29) is 0 Å². The molecule has 0 radical (unpaired) electrons. The molecule has 0 aliphatic carbocycles. The minimum Gasteiger partial charge on any atom is -0.493 e. The first-order chi connectivity index (χ1) is 15.4. The lowest BCUT2D eigenvalue weighted by molar-refractivity contribution is -0.624. The third kappa shape index (κ3) is 4.29. The third-order valence-electron chi connectivity index (χ3n) is 6.23. The van der Waals surface area contributed by atoms with E-state index in [1.165, 1.54) is 12.1 Å². The number of hydrogen-bond acceptors (Lipinski definition) is 5. The molecule has 1 aliphatic heterocycles. The van der Waals surface area contributed by atoms with Crippen molar-refractivity contribution in [1.29, 1.82) is 0 Å². The van der Waals surface area contributed by atoms with E-state index in [2.05, 4.69) is 10.5 Å². The van der Waals surface area contributed by atoms with Crippen molar-refractivity contribution >= 4 is 16.5 Å². The molecule has 9 heteroatoms. The number of aromatic nitrogens is 1. The van der Waals surface area contributed by atoms with Gasteiger partial charge in [-0.05, 0) is 40.8 Å². The van der Waals surface area contributed by atoms with E-state index in [0.29, 0.717) is 46.5 Å². The molecule has 1 atom stereocenters. The Balaban J connectivity index is 1.62. The van der Waals surface area contributed by atoms with Crippen LogP contribution in [0.5, 0.6) is 5.75 Å². The topological polar surface area (TPSA) is 85.8 Å². The number of hydrogen-bond donors (Lipinski definition) is 2. The Bertz CT molecular complexity index is 1250. The van der Waals surface area contributed by atoms with E-state index < -0.39 is 35.8 Å². The Hall–Kier alpha value is -3.07. The van der Waals surface area contributed by atoms with E-state index >= 15 is 0 Å². The summed E-state index contributed by atoms with van der Waals surface area (Å²) in [5, 5.41) is 16.9. The molecular formula is C24H26F3N2O4+. The highest BCUT2D eigenvalue weighted by Gasteiger charge is 2.56. The number of halogens is 3. The molecule has 1 aromatic heterocycles. The van der Waals surface area contributed by atoms with Crippen LogP contribution in [-0.4, -0.2) is 30.0 Å². The van der Waals surface area contributed by atoms with Crippen molar-refractivity contribution in [3.8, 4) is 5.75 Å². The fourth-order valence-electron chi connectivity index (χ4n) is 4.46. The summed E-state index contributed by atoms with van der Waals surface area (Å²) < 4.78 is 52.8. The minimum atomic E-state index is -4.88. The van der Waals surface area contributed by atoms with Gasteiger partial charge in [0.1, 0.15) is 5.75 Å². The van der Waals surface area contributed by atoms with Crippen LogP contribution in [0.15, 0.2) is 45.7 Å². The second-order valence-corrected chi connectivity index (χ2v) is 9.21. The van der Waals surface area contributed by atoms with Crippen LogP contribution in [0.2, 0.25) is 0 Å². The first-order valence-electron chi connectivity index (χ1n) is 10.6. The summed E-state index contributed by atoms with van der Waals surface area (Å²) in [6.45, 7) is 4.77. The first kappa shape index (κ1) is 23.1. The lowest BCUT2D eigenvalue weighted by Crippen LogP contribution is -2.53. The van der Waals surface area contributed by atoms with Crippen LogP contribution in [0, 0.1) is 6.92 Å². The molecule has 2 heterocycles. The molecule has 1 unspecified atom stereocenters. The van der Waals surface area contributed by atoms with Gasteiger partial charge in [0.2, 0.25) is 5.69 Å². The van der Waals surface area contributed by atoms with Crippen molar-refractivity contribution in [3.63, 3.8) is 0 Å². The molecule has 1 aliphatic rings. The van der Waals surface area contributed by atoms with Crippen LogP contribution in [0.25, 0.3) is 10.8 Å². The number of aromatic amines is 1. The number of H-pyrrole nitrogens is 1. The molecule has 0 saturated carbocycles. The second kappa shape index (κ2) is 8.06. The van der Waals surface area contributed by atoms with Gasteiger partial charge in [-0.15, -0.1) is 0 Å². The molecule has 4 rings (SSSR count). The fourth-order valence-corrected chi connectivity index (χ4v) is 4.46. The number of ether oxygens (including phenoxy) is 1. The maximum Gasteiger partial charge on any atom is 0.418 e. The van der Waals surface area contributed by atoms with Crippen molar-refractivity contribution in [1.82, 2.24) is 0 Å². The maximum absolute atomic E-state index is 14.1. The van der Waals surface area contributed by atoms with Gasteiger partial charge in [-0.1, -0.05) is 32.0 Å². The Labute approximate surface area is 188 Å². The summed E-state index contributed by atoms with van der Waals surface area (Å²) >= 11 is 0. The van der Waals surface area contributed by atoms with E-state index in [4.69, 9.17) is 9.26 Å². The van der Waals surface area contributed by atoms with Gasteiger partial charge in [0.15, 0.2) is 5.60 Å². The number of anilines is 1. The van der Waals surface area contributed by atoms with Gasteiger partial charge < -0.3 is 15.2 Å². The zero-order valence-corrected chi connectivity index (χ0v) is 18.6. The van der Waals surface area contributed by atoms with Crippen molar-refractivity contribution in [3.05, 3.63) is 63.6 Å². The summed E-state index contributed by atoms with van der Waals surface area (Å²) in [7, 11) is 0. The molecule has 176 valence electrons. The molecule has 0 bridgehead atoms. The lowest BCUT2D eigenvalue weighted by Gasteiger charge is -2.38. The Morgan fingerprint density at radius 1 is 1.15 bits per heavy atom. The Morgan fingerprint density at radius 3 is 2.64 bits per heavy atom. The van der Waals surface area contributed by atoms with Gasteiger partial charge in [0.05, 0.1) is 23.9 Å². The van der Waals surface area contributed by atoms with Crippen LogP contribution in [-0.2, 0) is 11.8 Å². The minimum absolute atomic E-state index is 0.307. The first-order valence-corrected chi connectivity index (χ1v) is 10.6. The molecular weight excluding hydrogens is 437 g/mol. The molecule has 0 saturated heterocycles. The number of aliphatic hydroxyl groups is 1. The van der Waals surface area contributed by atoms with Crippen LogP contribution in [0.3, 0.4) is 0 Å². The standard InChI is InChI=1S/C24H25F3N2O4/c1-14-18-11-16(7-8-17(18)21(30)33-29-14)28-13-23(31,24(25,26)27)12-22(2,3)19-6-4-5-15-9-10-32-20(15)19/h4-8,11,28,31H,9-10,12-13H2,1-3H3/p+1. The van der Waals surface area contributed by atoms with Crippen LogP contribution in [0.1, 0.15) is 37.1 Å². The number of aryl methyl sites for hydroxylation is 1. The maximum atomic E-state index is 14.1. The average molecular weight is 463 g/mol. The highest BCUT2D eigenvalue weighted by atomic mass is 19.4. The number of benzene rings is 2. The van der Waals surface area contributed by atoms with E-state index in [9.17, 15) is 23.1 Å². The number of fused-ring (bicyclic) bond motifs is 2. The Kier molecular flexibility index (Phi) is 5.64. The van der Waals surface area contributed by atoms with Crippen molar-refractivity contribution in [2.45, 2.75) is 50.8 Å². The summed E-state index contributed by atoms with van der Waals surface area (Å²) in [6.07, 6.45) is -4.74. The second-order valence-electron chi connectivity index (χ2n) is 9.21. The third-order valence-corrected chi connectivity index (χ3v) is 6.23. The molecule has 3 N–H and O–H groups in total. The predicted molar refractivity (Wildman–Crippen MR) is 117 cm³/mol. The van der Waals surface area contributed by atoms with E-state index in [1.54, 1.807) is 39.0 Å². The zero-order valence-electron chi connectivity index (χ0n) is 18.6. The smallest absolute Gasteiger partial charge is 0.418 e. The average Bonchev–Trinajstić information content (AvgIpc) is 3.22. The molecule has 0 spiro atoms. The normalized spacial score (nSPS) is 15.7. The molecule has 0 amide bonds. The predicted octanol–water partition coefficient (Wildman–Crippen LogP) is 3.92. The molecule has 0 fully saturated rings. The molecule has 33 heavy (non-hydrogen) atoms. The van der Waals surface area contributed by atoms with Gasteiger partial charge in [0, 0.05) is 24.6 Å². The van der Waals surface area contributed by atoms with Gasteiger partial charge in [-0.2, -0.15) is 17.7 Å². The van der Waals surface area contributed by atoms with E-state index in [1.807, 2.05) is 6.07 Å². The van der Waals surface area contributed by atoms with Gasteiger partial charge in [-0.3, -0.25) is 0 Å². The highest BCUT2D eigenvalue weighted by molar-refractivity contribution is 5.85. The SMILES string of the molecule is Cc1[nH+]oc(=O)c2ccc(NCC(O)(CC(C)(C)c3cccc4c3OCC4)C(F)(F)F)cc12. The van der Waals surface area contributed by atoms with Crippen molar-refractivity contribution in [2.75, 3.05) is 18.5 Å². The van der Waals surface area contributed by atoms with Crippen LogP contribution in [0.4, 0.5) is 18.9 Å². The number of alkyl halides is 3. The van der Waals surface area contributed by atoms with Gasteiger partial charge >= 0.3 is 11.8 Å². The zero-order chi connectivity index (χ0) is 24.0. The number of nitrogens with one attached hydrogen (secondary N) is 2.